The molecule has 0 aliphatic carbocycles. The van der Waals surface area contributed by atoms with Gasteiger partial charge in [-0.25, -0.2) is 8.78 Å². The van der Waals surface area contributed by atoms with Crippen molar-refractivity contribution in [3.05, 3.63) is 35.2 Å². The van der Waals surface area contributed by atoms with Gasteiger partial charge in [-0.05, 0) is 31.5 Å². The van der Waals surface area contributed by atoms with Gasteiger partial charge in [-0.1, -0.05) is 18.1 Å². The second-order valence-corrected chi connectivity index (χ2v) is 4.36. The van der Waals surface area contributed by atoms with Crippen molar-refractivity contribution in [3.8, 4) is 0 Å². The highest BCUT2D eigenvalue weighted by molar-refractivity contribution is 5.55. The summed E-state index contributed by atoms with van der Waals surface area (Å²) in [5.41, 5.74) is 0.0416. The second kappa shape index (κ2) is 6.42. The van der Waals surface area contributed by atoms with Gasteiger partial charge in [-0.15, -0.1) is 5.10 Å². The van der Waals surface area contributed by atoms with Crippen molar-refractivity contribution in [2.75, 3.05) is 11.9 Å². The smallest absolute Gasteiger partial charge is 0.320 e. The van der Waals surface area contributed by atoms with Gasteiger partial charge in [0.15, 0.2) is 5.82 Å². The normalized spacial score (nSPS) is 10.8. The van der Waals surface area contributed by atoms with Crippen LogP contribution in [0.3, 0.4) is 0 Å². The van der Waals surface area contributed by atoms with Crippen LogP contribution in [0.2, 0.25) is 0 Å². The third kappa shape index (κ3) is 3.30. The minimum Gasteiger partial charge on any atom is -0.406 e. The van der Waals surface area contributed by atoms with Crippen LogP contribution in [-0.2, 0) is 6.54 Å². The number of rotatable bonds is 6. The summed E-state index contributed by atoms with van der Waals surface area (Å²) in [6, 6.07) is 2.51. The standard InChI is InChI=1S/C13H16F2N4O/c1-3-6-16-7-10-18-19-13(20-10)17-12-9(14)5-4-8(2)11(12)15/h4-5,16H,3,6-7H2,1-2H3,(H,17,19). The summed E-state index contributed by atoms with van der Waals surface area (Å²) in [7, 11) is 0. The zero-order chi connectivity index (χ0) is 14.5. The van der Waals surface area contributed by atoms with E-state index in [4.69, 9.17) is 4.42 Å². The first-order valence-corrected chi connectivity index (χ1v) is 6.36. The molecule has 0 amide bonds. The molecule has 1 aromatic heterocycles. The number of anilines is 2. The zero-order valence-electron chi connectivity index (χ0n) is 11.3. The van der Waals surface area contributed by atoms with Crippen LogP contribution in [0, 0.1) is 18.6 Å². The van der Waals surface area contributed by atoms with Crippen LogP contribution in [0.1, 0.15) is 24.8 Å². The van der Waals surface area contributed by atoms with E-state index in [1.54, 1.807) is 6.92 Å². The van der Waals surface area contributed by atoms with Gasteiger partial charge in [0.1, 0.15) is 11.5 Å². The monoisotopic (exact) mass is 282 g/mol. The molecule has 5 nitrogen and oxygen atoms in total. The van der Waals surface area contributed by atoms with Crippen LogP contribution in [0.15, 0.2) is 16.5 Å². The van der Waals surface area contributed by atoms with Gasteiger partial charge in [0, 0.05) is 0 Å². The Morgan fingerprint density at radius 2 is 2.05 bits per heavy atom. The van der Waals surface area contributed by atoms with Gasteiger partial charge < -0.3 is 15.1 Å². The summed E-state index contributed by atoms with van der Waals surface area (Å²) in [6.45, 7) is 4.83. The molecule has 0 radical (unpaired) electrons. The van der Waals surface area contributed by atoms with Crippen LogP contribution in [0.4, 0.5) is 20.5 Å². The van der Waals surface area contributed by atoms with Crippen LogP contribution >= 0.6 is 0 Å². The van der Waals surface area contributed by atoms with E-state index in [1.165, 1.54) is 12.1 Å². The largest absolute Gasteiger partial charge is 0.406 e. The van der Waals surface area contributed by atoms with E-state index in [0.29, 0.717) is 18.0 Å². The predicted molar refractivity (Wildman–Crippen MR) is 70.7 cm³/mol. The summed E-state index contributed by atoms with van der Waals surface area (Å²) in [5, 5.41) is 13.0. The summed E-state index contributed by atoms with van der Waals surface area (Å²) in [6.07, 6.45) is 0.985. The van der Waals surface area contributed by atoms with Crippen LogP contribution in [0.25, 0.3) is 0 Å². The Morgan fingerprint density at radius 1 is 1.25 bits per heavy atom. The third-order valence-electron chi connectivity index (χ3n) is 2.69. The summed E-state index contributed by atoms with van der Waals surface area (Å²) < 4.78 is 32.6. The topological polar surface area (TPSA) is 63.0 Å². The fraction of sp³-hybridized carbons (Fsp3) is 0.385. The molecule has 0 atom stereocenters. The minimum absolute atomic E-state index is 0.0401. The number of hydrogen-bond donors (Lipinski definition) is 2. The lowest BCUT2D eigenvalue weighted by molar-refractivity contribution is 0.478. The van der Waals surface area contributed by atoms with Crippen molar-refractivity contribution >= 4 is 11.7 Å². The molecule has 0 aliphatic rings. The molecule has 0 spiro atoms. The molecule has 108 valence electrons. The van der Waals surface area contributed by atoms with Crippen LogP contribution in [-0.4, -0.2) is 16.7 Å². The van der Waals surface area contributed by atoms with E-state index in [0.717, 1.165) is 13.0 Å². The van der Waals surface area contributed by atoms with Gasteiger partial charge in [0.25, 0.3) is 0 Å². The third-order valence-corrected chi connectivity index (χ3v) is 2.69. The quantitative estimate of drug-likeness (QED) is 0.798. The molecular formula is C13H16F2N4O. The Morgan fingerprint density at radius 3 is 2.80 bits per heavy atom. The molecule has 7 heteroatoms. The van der Waals surface area contributed by atoms with Gasteiger partial charge >= 0.3 is 6.01 Å². The molecule has 1 heterocycles. The highest BCUT2D eigenvalue weighted by Gasteiger charge is 2.14. The minimum atomic E-state index is -0.711. The number of nitrogens with one attached hydrogen (secondary N) is 2. The van der Waals surface area contributed by atoms with Gasteiger partial charge in [-0.2, -0.15) is 0 Å². The molecule has 1 aromatic carbocycles. The zero-order valence-corrected chi connectivity index (χ0v) is 11.3. The van der Waals surface area contributed by atoms with E-state index in [1.807, 2.05) is 6.92 Å². The summed E-state index contributed by atoms with van der Waals surface area (Å²) >= 11 is 0. The lowest BCUT2D eigenvalue weighted by Gasteiger charge is -2.06. The predicted octanol–water partition coefficient (Wildman–Crippen LogP) is 2.90. The maximum Gasteiger partial charge on any atom is 0.320 e. The second-order valence-electron chi connectivity index (χ2n) is 4.36. The Balaban J connectivity index is 2.09. The molecule has 0 saturated heterocycles. The molecular weight excluding hydrogens is 266 g/mol. The van der Waals surface area contributed by atoms with E-state index in [9.17, 15) is 8.78 Å². The molecule has 2 N–H and O–H groups in total. The molecule has 0 saturated carbocycles. The van der Waals surface area contributed by atoms with Gasteiger partial charge in [0.05, 0.1) is 6.54 Å². The van der Waals surface area contributed by atoms with E-state index in [2.05, 4.69) is 20.8 Å². The van der Waals surface area contributed by atoms with E-state index >= 15 is 0 Å². The highest BCUT2D eigenvalue weighted by Crippen LogP contribution is 2.24. The molecule has 0 fully saturated rings. The van der Waals surface area contributed by atoms with Gasteiger partial charge in [0.2, 0.25) is 5.89 Å². The first-order chi connectivity index (χ1) is 9.61. The van der Waals surface area contributed by atoms with E-state index in [-0.39, 0.29) is 11.7 Å². The molecule has 2 rings (SSSR count). The van der Waals surface area contributed by atoms with Crippen molar-refractivity contribution in [2.45, 2.75) is 26.8 Å². The summed E-state index contributed by atoms with van der Waals surface area (Å²) in [4.78, 5) is 0. The number of halogens is 2. The fourth-order valence-electron chi connectivity index (χ4n) is 1.63. The number of hydrogen-bond acceptors (Lipinski definition) is 5. The number of aromatic nitrogens is 2. The van der Waals surface area contributed by atoms with Crippen molar-refractivity contribution in [2.24, 2.45) is 0 Å². The SMILES string of the molecule is CCCNCc1nnc(Nc2c(F)ccc(C)c2F)o1. The van der Waals surface area contributed by atoms with Crippen molar-refractivity contribution in [3.63, 3.8) is 0 Å². The number of nitrogens with zero attached hydrogens (tertiary/aromatic N) is 2. The van der Waals surface area contributed by atoms with Crippen LogP contribution < -0.4 is 10.6 Å². The molecule has 0 aliphatic heterocycles. The average molecular weight is 282 g/mol. The van der Waals surface area contributed by atoms with Crippen molar-refractivity contribution < 1.29 is 13.2 Å². The lowest BCUT2D eigenvalue weighted by Crippen LogP contribution is -2.13. The first-order valence-electron chi connectivity index (χ1n) is 6.36. The maximum absolute atomic E-state index is 13.8. The average Bonchev–Trinajstić information content (AvgIpc) is 2.87. The summed E-state index contributed by atoms with van der Waals surface area (Å²) in [5.74, 6) is -1.03. The van der Waals surface area contributed by atoms with Crippen molar-refractivity contribution in [1.29, 1.82) is 0 Å². The van der Waals surface area contributed by atoms with E-state index < -0.39 is 11.6 Å². The fourth-order valence-corrected chi connectivity index (χ4v) is 1.63. The number of aryl methyl sites for hydroxylation is 1. The number of benzene rings is 1. The molecule has 0 bridgehead atoms. The molecule has 20 heavy (non-hydrogen) atoms. The maximum atomic E-state index is 13.8. The first kappa shape index (κ1) is 14.4. The lowest BCUT2D eigenvalue weighted by atomic mass is 10.2. The van der Waals surface area contributed by atoms with Gasteiger partial charge in [-0.3, -0.25) is 0 Å². The Hall–Kier alpha value is -2.02. The Kier molecular flexibility index (Phi) is 4.62. The highest BCUT2D eigenvalue weighted by atomic mass is 19.1. The van der Waals surface area contributed by atoms with Crippen molar-refractivity contribution in [1.82, 2.24) is 15.5 Å². The molecule has 0 unspecified atom stereocenters. The Labute approximate surface area is 115 Å². The Bertz CT molecular complexity index is 586. The van der Waals surface area contributed by atoms with Crippen LogP contribution in [0.5, 0.6) is 0 Å². The molecule has 2 aromatic rings.